The number of aliphatic hydroxyl groups excluding tert-OH is 1. The minimum absolute atomic E-state index is 0.0375. The van der Waals surface area contributed by atoms with Crippen molar-refractivity contribution in [3.63, 3.8) is 0 Å². The van der Waals surface area contributed by atoms with Crippen molar-refractivity contribution in [2.75, 3.05) is 11.1 Å². The van der Waals surface area contributed by atoms with Crippen LogP contribution in [-0.2, 0) is 20.9 Å². The first-order valence-electron chi connectivity index (χ1n) is 11.0. The number of carbonyl (C=O) groups is 1. The first-order valence-corrected chi connectivity index (χ1v) is 13.1. The van der Waals surface area contributed by atoms with Gasteiger partial charge in [-0.25, -0.2) is 0 Å². The van der Waals surface area contributed by atoms with Crippen molar-refractivity contribution in [3.8, 4) is 0 Å². The fourth-order valence-electron chi connectivity index (χ4n) is 3.65. The maximum atomic E-state index is 12.0. The van der Waals surface area contributed by atoms with Gasteiger partial charge in [0, 0.05) is 35.6 Å². The number of nitrogens with zero attached hydrogens (tertiary/aromatic N) is 1. The van der Waals surface area contributed by atoms with Crippen LogP contribution < -0.4 is 10.0 Å². The fraction of sp³-hybridized carbons (Fsp3) is 0.280. The van der Waals surface area contributed by atoms with Crippen molar-refractivity contribution < 1.29 is 24.1 Å². The molecule has 190 valence electrons. The average molecular weight is 570 g/mol. The molecule has 1 saturated heterocycles. The van der Waals surface area contributed by atoms with Crippen LogP contribution in [0.1, 0.15) is 35.5 Å². The Labute approximate surface area is 227 Å². The number of benzene rings is 2. The Morgan fingerprint density at radius 1 is 1.06 bits per heavy atom. The summed E-state index contributed by atoms with van der Waals surface area (Å²) in [6.07, 6.45) is 0.899. The number of rotatable bonds is 7. The quantitative estimate of drug-likeness (QED) is 0.170. The van der Waals surface area contributed by atoms with E-state index in [2.05, 4.69) is 5.32 Å². The van der Waals surface area contributed by atoms with Crippen LogP contribution in [0.25, 0.3) is 0 Å². The Morgan fingerprint density at radius 2 is 1.75 bits per heavy atom. The Bertz CT molecular complexity index is 1180. The molecule has 1 fully saturated rings. The number of aliphatic hydroxyl groups is 1. The molecular weight excluding hydrogens is 547 g/mol. The maximum absolute atomic E-state index is 12.0. The smallest absolute Gasteiger partial charge is 0.276 e. The van der Waals surface area contributed by atoms with Gasteiger partial charge in [-0.05, 0) is 29.3 Å². The van der Waals surface area contributed by atoms with Gasteiger partial charge >= 0.3 is 0 Å². The Hall–Kier alpha value is -2.04. The molecule has 0 radical (unpaired) electrons. The molecule has 36 heavy (non-hydrogen) atoms. The molecule has 0 spiro atoms. The number of ether oxygens (including phenoxy) is 2. The van der Waals surface area contributed by atoms with Crippen LogP contribution in [0.15, 0.2) is 78.0 Å². The molecule has 7 nitrogen and oxygen atoms in total. The fourth-order valence-corrected chi connectivity index (χ4v) is 4.73. The van der Waals surface area contributed by atoms with Crippen LogP contribution >= 0.6 is 46.6 Å². The van der Waals surface area contributed by atoms with Gasteiger partial charge in [0.2, 0.25) is 0 Å². The highest BCUT2D eigenvalue weighted by molar-refractivity contribution is 7.99. The molecule has 4 rings (SSSR count). The lowest BCUT2D eigenvalue weighted by Crippen LogP contribution is -2.32. The number of hydrogen-bond acceptors (Lipinski definition) is 6. The van der Waals surface area contributed by atoms with Crippen LogP contribution in [0.3, 0.4) is 0 Å². The van der Waals surface area contributed by atoms with Crippen LogP contribution in [0.2, 0.25) is 0 Å². The summed E-state index contributed by atoms with van der Waals surface area (Å²) in [4.78, 5) is 11.9. The average Bonchev–Trinajstić information content (AvgIpc) is 2.88. The number of pyridine rings is 1. The summed E-state index contributed by atoms with van der Waals surface area (Å²) in [5, 5.41) is 24.5. The van der Waals surface area contributed by atoms with Crippen molar-refractivity contribution in [1.82, 2.24) is 0 Å². The summed E-state index contributed by atoms with van der Waals surface area (Å²) in [5.74, 6) is -0.209. The monoisotopic (exact) mass is 568 g/mol. The number of nitrogens with one attached hydrogen (secondary N) is 1. The van der Waals surface area contributed by atoms with E-state index in [-0.39, 0.29) is 18.8 Å². The van der Waals surface area contributed by atoms with Crippen LogP contribution in [0, 0.1) is 5.21 Å². The van der Waals surface area contributed by atoms with E-state index in [1.54, 1.807) is 36.4 Å². The van der Waals surface area contributed by atoms with E-state index < -0.39 is 16.0 Å². The summed E-state index contributed by atoms with van der Waals surface area (Å²) >= 11 is 18.3. The molecule has 2 heterocycles. The lowest BCUT2D eigenvalue weighted by atomic mass is 10.0. The predicted molar refractivity (Wildman–Crippen MR) is 140 cm³/mol. The van der Waals surface area contributed by atoms with Crippen molar-refractivity contribution >= 4 is 58.2 Å². The van der Waals surface area contributed by atoms with Crippen molar-refractivity contribution in [2.45, 2.75) is 40.3 Å². The molecule has 11 heteroatoms. The summed E-state index contributed by atoms with van der Waals surface area (Å²) in [7, 11) is 0. The Kier molecular flexibility index (Phi) is 9.00. The van der Waals surface area contributed by atoms with Gasteiger partial charge in [0.1, 0.15) is 0 Å². The maximum Gasteiger partial charge on any atom is 0.276 e. The highest BCUT2D eigenvalue weighted by atomic mass is 35.6. The largest absolute Gasteiger partial charge is 0.618 e. The lowest BCUT2D eigenvalue weighted by Gasteiger charge is -2.36. The van der Waals surface area contributed by atoms with Gasteiger partial charge in [0.05, 0.1) is 18.8 Å². The molecule has 0 bridgehead atoms. The molecular formula is C25H23Cl3N2O5S. The minimum atomic E-state index is -2.07. The third kappa shape index (κ3) is 7.04. The lowest BCUT2D eigenvalue weighted by molar-refractivity contribution is -0.645. The molecule has 3 aromatic rings. The molecule has 2 aromatic carbocycles. The van der Waals surface area contributed by atoms with Crippen molar-refractivity contribution in [3.05, 3.63) is 94.8 Å². The van der Waals surface area contributed by atoms with Gasteiger partial charge in [0.15, 0.2) is 12.5 Å². The summed E-state index contributed by atoms with van der Waals surface area (Å²) in [6, 6.07) is 19.7. The number of carbonyl (C=O) groups excluding carboxylic acids is 1. The molecule has 1 amide bonds. The number of thioether (sulfide) groups is 1. The van der Waals surface area contributed by atoms with Crippen LogP contribution in [-0.4, -0.2) is 26.7 Å². The second kappa shape index (κ2) is 12.0. The van der Waals surface area contributed by atoms with Gasteiger partial charge < -0.3 is 25.1 Å². The van der Waals surface area contributed by atoms with Crippen molar-refractivity contribution in [2.24, 2.45) is 0 Å². The number of halogens is 3. The van der Waals surface area contributed by atoms with E-state index in [4.69, 9.17) is 44.3 Å². The standard InChI is InChI=1S/C25H23Cl3N2O5S/c26-25(27,28)24(32)29-19-10-8-18(9-11-19)23-34-20(15-36-22-3-1-2-12-30(22)33)13-21(35-23)17-6-4-16(14-31)5-7-17/h1-12,20-21,23,31H,13-15H2,(H,29,32)/t20-,21+,23+/m0/s1. The van der Waals surface area contributed by atoms with Gasteiger partial charge in [-0.15, -0.1) is 0 Å². The van der Waals surface area contributed by atoms with Gasteiger partial charge in [-0.1, -0.05) is 83.0 Å². The number of amides is 1. The highest BCUT2D eigenvalue weighted by Gasteiger charge is 2.33. The summed E-state index contributed by atoms with van der Waals surface area (Å²) in [6.45, 7) is -0.0375. The van der Waals surface area contributed by atoms with E-state index in [0.717, 1.165) is 21.4 Å². The third-order valence-electron chi connectivity index (χ3n) is 5.52. The second-order valence-corrected chi connectivity index (χ2v) is 11.4. The first-order chi connectivity index (χ1) is 17.2. The van der Waals surface area contributed by atoms with Gasteiger partial charge in [0.25, 0.3) is 14.7 Å². The molecule has 1 aliphatic heterocycles. The number of hydrogen-bond donors (Lipinski definition) is 2. The van der Waals surface area contributed by atoms with Crippen LogP contribution in [0.5, 0.6) is 0 Å². The van der Waals surface area contributed by atoms with E-state index in [9.17, 15) is 15.1 Å². The molecule has 3 atom stereocenters. The van der Waals surface area contributed by atoms with E-state index in [1.807, 2.05) is 30.3 Å². The Balaban J connectivity index is 1.51. The van der Waals surface area contributed by atoms with Gasteiger partial charge in [-0.3, -0.25) is 4.79 Å². The molecule has 0 saturated carbocycles. The first kappa shape index (κ1) is 27.0. The third-order valence-corrected chi connectivity index (χ3v) is 7.18. The number of anilines is 1. The number of alkyl halides is 3. The molecule has 1 aliphatic rings. The second-order valence-electron chi connectivity index (χ2n) is 8.10. The van der Waals surface area contributed by atoms with Gasteiger partial charge in [-0.2, -0.15) is 4.73 Å². The molecule has 0 unspecified atom stereocenters. The highest BCUT2D eigenvalue weighted by Crippen LogP contribution is 2.39. The van der Waals surface area contributed by atoms with Crippen molar-refractivity contribution in [1.29, 1.82) is 0 Å². The van der Waals surface area contributed by atoms with E-state index in [0.29, 0.717) is 22.9 Å². The molecule has 2 N–H and O–H groups in total. The normalized spacial score (nSPS) is 20.2. The molecule has 0 aliphatic carbocycles. The summed E-state index contributed by atoms with van der Waals surface area (Å²) < 4.78 is 11.3. The molecule has 1 aromatic heterocycles. The number of aromatic nitrogens is 1. The van der Waals surface area contributed by atoms with E-state index >= 15 is 0 Å². The SMILES string of the molecule is O=C(Nc1ccc([C@@H]2O[C@H](CSc3cccc[n+]3[O-])C[C@H](c3ccc(CO)cc3)O2)cc1)C(Cl)(Cl)Cl. The zero-order valence-corrected chi connectivity index (χ0v) is 21.9. The Morgan fingerprint density at radius 3 is 2.39 bits per heavy atom. The zero-order valence-electron chi connectivity index (χ0n) is 18.9. The minimum Gasteiger partial charge on any atom is -0.618 e. The topological polar surface area (TPSA) is 94.7 Å². The van der Waals surface area contributed by atoms with Crippen LogP contribution in [0.4, 0.5) is 5.69 Å². The zero-order chi connectivity index (χ0) is 25.7. The predicted octanol–water partition coefficient (Wildman–Crippen LogP) is 5.46. The van der Waals surface area contributed by atoms with E-state index in [1.165, 1.54) is 18.0 Å². The summed E-state index contributed by atoms with van der Waals surface area (Å²) in [5.41, 5.74) is 2.97.